The van der Waals surface area contributed by atoms with E-state index in [1.807, 2.05) is 0 Å². The molecule has 166 valence electrons. The highest BCUT2D eigenvalue weighted by Crippen LogP contribution is 2.38. The zero-order valence-electron chi connectivity index (χ0n) is 16.5. The van der Waals surface area contributed by atoms with Crippen molar-refractivity contribution < 1.29 is 39.2 Å². The molecule has 0 atom stereocenters. The molecule has 13 heteroatoms. The number of rotatable bonds is 7. The molecule has 0 spiro atoms. The molecule has 0 radical (unpaired) electrons. The van der Waals surface area contributed by atoms with Crippen molar-refractivity contribution in [1.82, 2.24) is 19.9 Å². The number of aryl methyl sites for hydroxylation is 1. The van der Waals surface area contributed by atoms with E-state index in [2.05, 4.69) is 10.3 Å². The Morgan fingerprint density at radius 1 is 1.29 bits per heavy atom. The number of carboxylic acids is 1. The number of aromatic carboxylic acids is 1. The average molecular weight is 433 g/mol. The van der Waals surface area contributed by atoms with E-state index in [1.54, 1.807) is 17.2 Å². The van der Waals surface area contributed by atoms with E-state index >= 15 is 0 Å². The number of ether oxygens (including phenoxy) is 1. The number of hydrogen-bond acceptors (Lipinski definition) is 9. The van der Waals surface area contributed by atoms with Crippen molar-refractivity contribution in [3.05, 3.63) is 35.2 Å². The third-order valence-corrected chi connectivity index (χ3v) is 5.26. The van der Waals surface area contributed by atoms with Crippen LogP contribution < -0.4 is 9.39 Å². The molecule has 1 fully saturated rings. The number of carbonyl (C=O) groups is 2. The highest BCUT2D eigenvalue weighted by molar-refractivity contribution is 6.59. The van der Waals surface area contributed by atoms with Crippen LogP contribution in [0.2, 0.25) is 6.32 Å². The van der Waals surface area contributed by atoms with Crippen molar-refractivity contribution in [3.8, 4) is 11.5 Å². The summed E-state index contributed by atoms with van der Waals surface area (Å²) in [5.74, 6) is -1.56. The molecule has 0 aliphatic carbocycles. The van der Waals surface area contributed by atoms with Crippen LogP contribution in [0.25, 0.3) is 0 Å². The van der Waals surface area contributed by atoms with Gasteiger partial charge in [-0.3, -0.25) is 4.79 Å². The number of likely N-dealkylation sites (tertiary alicyclic amines) is 1. The summed E-state index contributed by atoms with van der Waals surface area (Å²) < 4.78 is 12.3. The van der Waals surface area contributed by atoms with E-state index in [1.165, 1.54) is 10.7 Å². The Morgan fingerprint density at radius 2 is 2.06 bits per heavy atom. The van der Waals surface area contributed by atoms with Gasteiger partial charge in [0.25, 0.3) is 0 Å². The minimum atomic E-state index is -3.11. The quantitative estimate of drug-likeness (QED) is 0.384. The second-order valence-corrected chi connectivity index (χ2v) is 7.67. The zero-order chi connectivity index (χ0) is 22.2. The summed E-state index contributed by atoms with van der Waals surface area (Å²) in [7, 11) is 0. The van der Waals surface area contributed by atoms with Crippen molar-refractivity contribution in [2.45, 2.75) is 31.8 Å². The molecule has 0 saturated carbocycles. The second kappa shape index (κ2) is 8.17. The molecule has 2 aliphatic heterocycles. The smallest absolute Gasteiger partial charge is 0.430 e. The van der Waals surface area contributed by atoms with Crippen LogP contribution in [0.3, 0.4) is 0 Å². The molecular formula is C18H22BN4O8-. The number of aliphatic hydroxyl groups excluding tert-OH is 1. The number of aromatic nitrogens is 3. The molecular weight excluding hydrogens is 411 g/mol. The van der Waals surface area contributed by atoms with Crippen LogP contribution in [-0.2, 0) is 24.2 Å². The van der Waals surface area contributed by atoms with Gasteiger partial charge in [0.15, 0.2) is 0 Å². The molecule has 1 amide bonds. The van der Waals surface area contributed by atoms with Gasteiger partial charge in [0.05, 0.1) is 24.5 Å². The molecule has 1 saturated heterocycles. The van der Waals surface area contributed by atoms with Crippen molar-refractivity contribution in [2.24, 2.45) is 0 Å². The molecule has 31 heavy (non-hydrogen) atoms. The van der Waals surface area contributed by atoms with Gasteiger partial charge in [0, 0.05) is 19.2 Å². The number of benzene rings is 1. The number of fused-ring (bicyclic) bond motifs is 1. The van der Waals surface area contributed by atoms with Gasteiger partial charge in [0.2, 0.25) is 5.91 Å². The van der Waals surface area contributed by atoms with Gasteiger partial charge >= 0.3 is 12.7 Å². The first-order valence-corrected chi connectivity index (χ1v) is 9.88. The summed E-state index contributed by atoms with van der Waals surface area (Å²) in [5, 5.41) is 45.8. The van der Waals surface area contributed by atoms with E-state index in [0.29, 0.717) is 17.7 Å². The fourth-order valence-electron chi connectivity index (χ4n) is 3.61. The molecule has 0 unspecified atom stereocenters. The second-order valence-electron chi connectivity index (χ2n) is 7.67. The van der Waals surface area contributed by atoms with Crippen LogP contribution in [0, 0.1) is 0 Å². The third kappa shape index (κ3) is 4.48. The van der Waals surface area contributed by atoms with E-state index in [-0.39, 0.29) is 62.0 Å². The normalized spacial score (nSPS) is 17.5. The Bertz CT molecular complexity index is 1000. The van der Waals surface area contributed by atoms with E-state index in [0.717, 1.165) is 0 Å². The number of nitrogens with zero attached hydrogens (tertiary/aromatic N) is 4. The van der Waals surface area contributed by atoms with Crippen molar-refractivity contribution in [1.29, 1.82) is 0 Å². The zero-order valence-corrected chi connectivity index (χ0v) is 16.5. The number of aliphatic hydroxyl groups is 1. The summed E-state index contributed by atoms with van der Waals surface area (Å²) in [5.41, 5.74) is 0.881. The predicted molar refractivity (Wildman–Crippen MR) is 105 cm³/mol. The largest absolute Gasteiger partial charge is 0.669 e. The lowest BCUT2D eigenvalue weighted by Gasteiger charge is -2.40. The maximum Gasteiger partial charge on any atom is 0.430 e. The van der Waals surface area contributed by atoms with Crippen LogP contribution >= 0.6 is 0 Å². The van der Waals surface area contributed by atoms with Crippen molar-refractivity contribution in [2.75, 3.05) is 19.7 Å². The van der Waals surface area contributed by atoms with Crippen molar-refractivity contribution in [3.63, 3.8) is 0 Å². The van der Waals surface area contributed by atoms with Crippen molar-refractivity contribution >= 4 is 18.6 Å². The lowest BCUT2D eigenvalue weighted by atomic mass is 9.70. The molecule has 4 rings (SSSR count). The summed E-state index contributed by atoms with van der Waals surface area (Å²) in [4.78, 5) is 25.7. The van der Waals surface area contributed by atoms with Gasteiger partial charge in [-0.1, -0.05) is 17.6 Å². The van der Waals surface area contributed by atoms with Crippen LogP contribution in [-0.4, -0.2) is 84.6 Å². The lowest BCUT2D eigenvalue weighted by molar-refractivity contribution is -0.140. The Balaban J connectivity index is 1.39. The van der Waals surface area contributed by atoms with Crippen LogP contribution in [0.5, 0.6) is 11.5 Å². The molecule has 1 aromatic carbocycles. The average Bonchev–Trinajstić information content (AvgIpc) is 3.09. The number of carboxylic acid groups (broad SMARTS) is 1. The van der Waals surface area contributed by atoms with Gasteiger partial charge in [-0.2, -0.15) is 0 Å². The van der Waals surface area contributed by atoms with Gasteiger partial charge < -0.3 is 34.6 Å². The molecule has 2 aliphatic rings. The highest BCUT2D eigenvalue weighted by atomic mass is 16.6. The van der Waals surface area contributed by atoms with E-state index in [9.17, 15) is 24.7 Å². The monoisotopic (exact) mass is 433 g/mol. The Labute approximate surface area is 176 Å². The first-order chi connectivity index (χ1) is 14.8. The molecule has 12 nitrogen and oxygen atoms in total. The van der Waals surface area contributed by atoms with Crippen LogP contribution in [0.4, 0.5) is 0 Å². The molecule has 4 N–H and O–H groups in total. The number of carbonyl (C=O) groups excluding carboxylic acids is 1. The highest BCUT2D eigenvalue weighted by Gasteiger charge is 2.36. The van der Waals surface area contributed by atoms with Gasteiger partial charge in [-0.05, 0) is 18.1 Å². The molecule has 2 aromatic rings. The lowest BCUT2D eigenvalue weighted by Crippen LogP contribution is -2.57. The number of amides is 1. The van der Waals surface area contributed by atoms with Gasteiger partial charge in [0.1, 0.15) is 24.0 Å². The minimum absolute atomic E-state index is 0.00459. The van der Waals surface area contributed by atoms with Gasteiger partial charge in [-0.25, -0.2) is 9.48 Å². The SMILES string of the molecule is O=C(O)c1c(OC2CN(C(=O)Cn3cc(CCO)nn3)C2)ccc2c1O[B-](O)(O)CC2. The van der Waals surface area contributed by atoms with Gasteiger partial charge in [-0.15, -0.1) is 5.10 Å². The Morgan fingerprint density at radius 3 is 2.77 bits per heavy atom. The van der Waals surface area contributed by atoms with Crippen LogP contribution in [0.15, 0.2) is 18.3 Å². The molecule has 0 bridgehead atoms. The minimum Gasteiger partial charge on any atom is -0.669 e. The Kier molecular flexibility index (Phi) is 5.56. The summed E-state index contributed by atoms with van der Waals surface area (Å²) in [6.07, 6.45) is 1.80. The number of hydrogen-bond donors (Lipinski definition) is 4. The Hall–Kier alpha value is -3.16. The predicted octanol–water partition coefficient (Wildman–Crippen LogP) is -1.34. The first kappa shape index (κ1) is 21.1. The topological polar surface area (TPSA) is 167 Å². The fraction of sp³-hybridized carbons (Fsp3) is 0.444. The van der Waals surface area contributed by atoms with E-state index in [4.69, 9.17) is 14.5 Å². The third-order valence-electron chi connectivity index (χ3n) is 5.26. The van der Waals surface area contributed by atoms with E-state index < -0.39 is 18.8 Å². The summed E-state index contributed by atoms with van der Waals surface area (Å²) in [6, 6.07) is 3.15. The standard InChI is InChI=1S/C18H22BN4O8/c24-6-4-12-7-23(21-20-12)10-15(25)22-8-13(9-22)30-14-2-1-11-3-5-19(28,29)31-17(11)16(14)18(26)27/h1-2,7,13,24,28-29H,3-6,8-10H2,(H,26,27)/q-1. The maximum atomic E-state index is 12.4. The molecule has 3 heterocycles. The maximum absolute atomic E-state index is 12.4. The first-order valence-electron chi connectivity index (χ1n) is 9.88. The van der Waals surface area contributed by atoms with Crippen LogP contribution in [0.1, 0.15) is 21.6 Å². The molecule has 1 aromatic heterocycles. The summed E-state index contributed by atoms with van der Waals surface area (Å²) >= 11 is 0. The fourth-order valence-corrected chi connectivity index (χ4v) is 3.61. The summed E-state index contributed by atoms with van der Waals surface area (Å²) in [6.45, 7) is -2.64.